The lowest BCUT2D eigenvalue weighted by Gasteiger charge is -2.00. The Bertz CT molecular complexity index is 37.1. The van der Waals surface area contributed by atoms with Gasteiger partial charge in [0.1, 0.15) is 0 Å². The van der Waals surface area contributed by atoms with Gasteiger partial charge in [0.25, 0.3) is 0 Å². The molecule has 1 nitrogen and oxygen atoms in total. The fourth-order valence-corrected chi connectivity index (χ4v) is 0. The van der Waals surface area contributed by atoms with Crippen LogP contribution >= 0.6 is 0 Å². The minimum Gasteiger partial charge on any atom is -0.310 e. The van der Waals surface area contributed by atoms with E-state index in [1.54, 1.807) is 0 Å². The van der Waals surface area contributed by atoms with E-state index in [0.29, 0.717) is 0 Å². The molecule has 0 saturated heterocycles. The summed E-state index contributed by atoms with van der Waals surface area (Å²) in [5.74, 6) is 0.833. The summed E-state index contributed by atoms with van der Waals surface area (Å²) in [5, 5.41) is 0. The van der Waals surface area contributed by atoms with Gasteiger partial charge in [-0.05, 0) is 26.6 Å². The maximum Gasteiger partial charge on any atom is -0.00533 e. The Morgan fingerprint density at radius 1 is 1.11 bits per heavy atom. The van der Waals surface area contributed by atoms with Crippen LogP contribution in [0.4, 0.5) is 0 Å². The van der Waals surface area contributed by atoms with Crippen LogP contribution in [0.1, 0.15) is 27.7 Å². The molecule has 0 radical (unpaired) electrons. The molecule has 0 unspecified atom stereocenters. The minimum absolute atomic E-state index is 0.833. The van der Waals surface area contributed by atoms with Crippen molar-refractivity contribution in [2.45, 2.75) is 27.7 Å². The predicted octanol–water partition coefficient (Wildman–Crippen LogP) is 2.23. The zero-order valence-corrected chi connectivity index (χ0v) is 7.73. The zero-order valence-electron chi connectivity index (χ0n) is 7.73. The van der Waals surface area contributed by atoms with E-state index >= 15 is 0 Å². The van der Waals surface area contributed by atoms with Crippen LogP contribution in [0, 0.1) is 5.92 Å². The second kappa shape index (κ2) is 7.96. The maximum atomic E-state index is 2.17. The third-order valence-corrected chi connectivity index (χ3v) is 0.632. The van der Waals surface area contributed by atoms with Gasteiger partial charge in [-0.25, -0.2) is 0 Å². The molecule has 0 rings (SSSR count). The summed E-state index contributed by atoms with van der Waals surface area (Å²) < 4.78 is 0. The van der Waals surface area contributed by atoms with Gasteiger partial charge < -0.3 is 4.90 Å². The normalized spacial score (nSPS) is 9.33. The molecular weight excluding hydrogens is 110 g/mol. The molecule has 0 heterocycles. The van der Waals surface area contributed by atoms with Gasteiger partial charge in [-0.15, -0.1) is 0 Å². The lowest BCUT2D eigenvalue weighted by Crippen LogP contribution is -2.08. The number of nitrogens with zero attached hydrogens (tertiary/aromatic N) is 1. The summed E-state index contributed by atoms with van der Waals surface area (Å²) in [6.07, 6.45) is 0. The van der Waals surface area contributed by atoms with Gasteiger partial charge in [-0.1, -0.05) is 27.7 Å². The van der Waals surface area contributed by atoms with Crippen LogP contribution in [0.2, 0.25) is 0 Å². The van der Waals surface area contributed by atoms with Crippen molar-refractivity contribution in [2.24, 2.45) is 5.92 Å². The Labute approximate surface area is 60.1 Å². The topological polar surface area (TPSA) is 3.24 Å². The molecule has 0 aromatic rings. The Kier molecular flexibility index (Phi) is 10.4. The van der Waals surface area contributed by atoms with E-state index in [9.17, 15) is 0 Å². The van der Waals surface area contributed by atoms with Crippen LogP contribution in [-0.2, 0) is 0 Å². The summed E-state index contributed by atoms with van der Waals surface area (Å²) in [6, 6.07) is 0. The average Bonchev–Trinajstić information content (AvgIpc) is 1.65. The van der Waals surface area contributed by atoms with E-state index in [2.05, 4.69) is 46.7 Å². The highest BCUT2D eigenvalue weighted by molar-refractivity contribution is 4.25. The number of rotatable bonds is 1. The number of hydrogen-bond donors (Lipinski definition) is 0. The standard InChI is InChI=1S/C4H11N.C4H10/c1-4-5(2)3;1-4(2)3/h4H2,1-3H3;4H,1-3H3. The highest BCUT2D eigenvalue weighted by Gasteiger charge is 1.72. The van der Waals surface area contributed by atoms with Crippen LogP contribution < -0.4 is 0 Å². The summed E-state index contributed by atoms with van der Waals surface area (Å²) >= 11 is 0. The van der Waals surface area contributed by atoms with Crippen LogP contribution in [-0.4, -0.2) is 25.5 Å². The molecule has 0 fully saturated rings. The highest BCUT2D eigenvalue weighted by Crippen LogP contribution is 1.81. The van der Waals surface area contributed by atoms with Gasteiger partial charge in [0.2, 0.25) is 0 Å². The Morgan fingerprint density at radius 2 is 1.22 bits per heavy atom. The fraction of sp³-hybridized carbons (Fsp3) is 1.00. The van der Waals surface area contributed by atoms with Gasteiger partial charge in [0.15, 0.2) is 0 Å². The molecule has 0 aliphatic heterocycles. The second-order valence-electron chi connectivity index (χ2n) is 3.13. The number of hydrogen-bond acceptors (Lipinski definition) is 1. The first kappa shape index (κ1) is 11.7. The molecule has 9 heavy (non-hydrogen) atoms. The first-order chi connectivity index (χ1) is 4.00. The van der Waals surface area contributed by atoms with Crippen molar-refractivity contribution in [3.63, 3.8) is 0 Å². The summed E-state index contributed by atoms with van der Waals surface area (Å²) in [7, 11) is 4.11. The van der Waals surface area contributed by atoms with E-state index in [1.165, 1.54) is 0 Å². The first-order valence-electron chi connectivity index (χ1n) is 3.65. The van der Waals surface area contributed by atoms with Crippen LogP contribution in [0.15, 0.2) is 0 Å². The molecule has 1 heteroatoms. The van der Waals surface area contributed by atoms with Crippen LogP contribution in [0.3, 0.4) is 0 Å². The molecule has 0 aliphatic rings. The Morgan fingerprint density at radius 3 is 1.22 bits per heavy atom. The smallest absolute Gasteiger partial charge is 0.00533 e. The molecule has 0 aromatic carbocycles. The molecule has 58 valence electrons. The predicted molar refractivity (Wildman–Crippen MR) is 44.7 cm³/mol. The second-order valence-corrected chi connectivity index (χ2v) is 3.13. The third kappa shape index (κ3) is 73.6. The van der Waals surface area contributed by atoms with Crippen molar-refractivity contribution >= 4 is 0 Å². The van der Waals surface area contributed by atoms with Crippen LogP contribution in [0.25, 0.3) is 0 Å². The van der Waals surface area contributed by atoms with Gasteiger partial charge in [0.05, 0.1) is 0 Å². The maximum absolute atomic E-state index is 2.17. The summed E-state index contributed by atoms with van der Waals surface area (Å²) in [4.78, 5) is 2.12. The molecule has 0 aliphatic carbocycles. The zero-order chi connectivity index (χ0) is 7.86. The van der Waals surface area contributed by atoms with Crippen molar-refractivity contribution in [1.29, 1.82) is 0 Å². The van der Waals surface area contributed by atoms with Crippen LogP contribution in [0.5, 0.6) is 0 Å². The van der Waals surface area contributed by atoms with Crippen molar-refractivity contribution in [3.8, 4) is 0 Å². The molecule has 0 spiro atoms. The van der Waals surface area contributed by atoms with Gasteiger partial charge in [-0.2, -0.15) is 0 Å². The minimum atomic E-state index is 0.833. The molecule has 0 amide bonds. The monoisotopic (exact) mass is 131 g/mol. The van der Waals surface area contributed by atoms with Gasteiger partial charge in [-0.3, -0.25) is 0 Å². The summed E-state index contributed by atoms with van der Waals surface area (Å²) in [6.45, 7) is 9.76. The SMILES string of the molecule is CC(C)C.CCN(C)C. The molecule has 0 saturated carbocycles. The van der Waals surface area contributed by atoms with E-state index < -0.39 is 0 Å². The van der Waals surface area contributed by atoms with E-state index in [-0.39, 0.29) is 0 Å². The molecule has 0 aromatic heterocycles. The average molecular weight is 131 g/mol. The van der Waals surface area contributed by atoms with E-state index in [4.69, 9.17) is 0 Å². The lowest BCUT2D eigenvalue weighted by molar-refractivity contribution is 0.434. The van der Waals surface area contributed by atoms with Crippen molar-refractivity contribution in [1.82, 2.24) is 4.90 Å². The molecule has 0 atom stereocenters. The van der Waals surface area contributed by atoms with Gasteiger partial charge >= 0.3 is 0 Å². The Balaban J connectivity index is 0. The van der Waals surface area contributed by atoms with E-state index in [1.807, 2.05) is 0 Å². The quantitative estimate of drug-likeness (QED) is 0.527. The third-order valence-electron chi connectivity index (χ3n) is 0.632. The molecule has 0 bridgehead atoms. The molecule has 0 N–H and O–H groups in total. The fourth-order valence-electron chi connectivity index (χ4n) is 0. The molecular formula is C8H21N. The largest absolute Gasteiger partial charge is 0.310 e. The van der Waals surface area contributed by atoms with Crippen molar-refractivity contribution in [2.75, 3.05) is 20.6 Å². The van der Waals surface area contributed by atoms with E-state index in [0.717, 1.165) is 12.5 Å². The first-order valence-corrected chi connectivity index (χ1v) is 3.65. The van der Waals surface area contributed by atoms with Crippen molar-refractivity contribution in [3.05, 3.63) is 0 Å². The Hall–Kier alpha value is -0.0400. The lowest BCUT2D eigenvalue weighted by atomic mass is 10.3. The van der Waals surface area contributed by atoms with Gasteiger partial charge in [0, 0.05) is 0 Å². The van der Waals surface area contributed by atoms with Crippen molar-refractivity contribution < 1.29 is 0 Å². The highest BCUT2D eigenvalue weighted by atomic mass is 15.0. The summed E-state index contributed by atoms with van der Waals surface area (Å²) in [5.41, 5.74) is 0.